The molecule has 0 unspecified atom stereocenters. The Hall–Kier alpha value is -2.96. The molecule has 128 valence electrons. The number of hydrogen-bond donors (Lipinski definition) is 1. The first-order valence-corrected chi connectivity index (χ1v) is 8.35. The molecule has 1 aliphatic rings. The highest BCUT2D eigenvalue weighted by atomic mass is 15.2. The molecule has 1 fully saturated rings. The van der Waals surface area contributed by atoms with Crippen molar-refractivity contribution in [3.63, 3.8) is 0 Å². The van der Waals surface area contributed by atoms with Crippen LogP contribution in [0.2, 0.25) is 0 Å². The number of nitrogen functional groups attached to an aromatic ring is 1. The first-order chi connectivity index (χ1) is 12.1. The number of aromatic nitrogens is 5. The average Bonchev–Trinajstić information content (AvgIpc) is 3.06. The van der Waals surface area contributed by atoms with Crippen LogP contribution >= 0.6 is 0 Å². The predicted octanol–water partition coefficient (Wildman–Crippen LogP) is 2.31. The molecule has 4 rings (SSSR count). The van der Waals surface area contributed by atoms with Crippen LogP contribution in [-0.4, -0.2) is 38.6 Å². The molecule has 0 spiro atoms. The number of pyridine rings is 1. The Labute approximate surface area is 146 Å². The van der Waals surface area contributed by atoms with E-state index in [1.165, 1.54) is 12.0 Å². The van der Waals surface area contributed by atoms with Gasteiger partial charge in [0.2, 0.25) is 5.95 Å². The van der Waals surface area contributed by atoms with Gasteiger partial charge in [-0.15, -0.1) is 0 Å². The van der Waals surface area contributed by atoms with Gasteiger partial charge in [0.1, 0.15) is 5.82 Å². The molecule has 1 saturated carbocycles. The van der Waals surface area contributed by atoms with Crippen LogP contribution in [0.3, 0.4) is 0 Å². The largest absolute Gasteiger partial charge is 0.368 e. The Balaban J connectivity index is 1.66. The van der Waals surface area contributed by atoms with Gasteiger partial charge >= 0.3 is 0 Å². The van der Waals surface area contributed by atoms with Gasteiger partial charge in [-0.05, 0) is 30.9 Å². The van der Waals surface area contributed by atoms with Crippen molar-refractivity contribution in [2.75, 3.05) is 24.7 Å². The molecule has 3 aromatic rings. The van der Waals surface area contributed by atoms with Crippen LogP contribution in [0.15, 0.2) is 43.2 Å². The SMILES string of the molecule is CN(C)c1cn(C2(c3ccc(-c4cnc(N)nc4)nc3)CCC2)cn1. The van der Waals surface area contributed by atoms with Crippen molar-refractivity contribution in [1.29, 1.82) is 0 Å². The van der Waals surface area contributed by atoms with Crippen LogP contribution in [0.25, 0.3) is 11.3 Å². The number of nitrogens with zero attached hydrogens (tertiary/aromatic N) is 6. The summed E-state index contributed by atoms with van der Waals surface area (Å²) in [5.74, 6) is 1.24. The van der Waals surface area contributed by atoms with E-state index >= 15 is 0 Å². The second kappa shape index (κ2) is 5.84. The highest BCUT2D eigenvalue weighted by molar-refractivity contribution is 5.57. The summed E-state index contributed by atoms with van der Waals surface area (Å²) < 4.78 is 2.23. The lowest BCUT2D eigenvalue weighted by molar-refractivity contribution is 0.196. The Morgan fingerprint density at radius 3 is 2.32 bits per heavy atom. The zero-order valence-corrected chi connectivity index (χ0v) is 14.4. The number of rotatable bonds is 4. The number of imidazole rings is 1. The van der Waals surface area contributed by atoms with Gasteiger partial charge in [0.15, 0.2) is 0 Å². The molecule has 0 saturated heterocycles. The Bertz CT molecular complexity index is 861. The molecule has 0 radical (unpaired) electrons. The monoisotopic (exact) mass is 335 g/mol. The van der Waals surface area contributed by atoms with Crippen LogP contribution in [0.4, 0.5) is 11.8 Å². The topological polar surface area (TPSA) is 85.8 Å². The lowest BCUT2D eigenvalue weighted by Crippen LogP contribution is -2.41. The summed E-state index contributed by atoms with van der Waals surface area (Å²) in [6.45, 7) is 0. The van der Waals surface area contributed by atoms with Gasteiger partial charge in [-0.2, -0.15) is 0 Å². The minimum Gasteiger partial charge on any atom is -0.368 e. The quantitative estimate of drug-likeness (QED) is 0.787. The molecule has 7 heteroatoms. The van der Waals surface area contributed by atoms with Gasteiger partial charge in [-0.1, -0.05) is 6.07 Å². The van der Waals surface area contributed by atoms with Crippen molar-refractivity contribution in [2.24, 2.45) is 0 Å². The third kappa shape index (κ3) is 2.61. The van der Waals surface area contributed by atoms with Crippen LogP contribution < -0.4 is 10.6 Å². The number of anilines is 2. The smallest absolute Gasteiger partial charge is 0.219 e. The van der Waals surface area contributed by atoms with Crippen LogP contribution in [-0.2, 0) is 5.54 Å². The second-order valence-electron chi connectivity index (χ2n) is 6.68. The van der Waals surface area contributed by atoms with E-state index in [1.807, 2.05) is 37.6 Å². The fraction of sp³-hybridized carbons (Fsp3) is 0.333. The lowest BCUT2D eigenvalue weighted by atomic mass is 9.72. The van der Waals surface area contributed by atoms with Gasteiger partial charge < -0.3 is 15.2 Å². The van der Waals surface area contributed by atoms with Gasteiger partial charge in [0.25, 0.3) is 0 Å². The summed E-state index contributed by atoms with van der Waals surface area (Å²) >= 11 is 0. The second-order valence-corrected chi connectivity index (χ2v) is 6.68. The zero-order chi connectivity index (χ0) is 17.4. The molecule has 0 atom stereocenters. The van der Waals surface area contributed by atoms with E-state index in [0.29, 0.717) is 0 Å². The lowest BCUT2D eigenvalue weighted by Gasteiger charge is -2.43. The van der Waals surface area contributed by atoms with Crippen LogP contribution in [0, 0.1) is 0 Å². The standard InChI is InChI=1S/C18H21N7/c1-24(2)16-11-25(12-23-16)18(6-3-7-18)14-4-5-15(20-10-14)13-8-21-17(19)22-9-13/h4-5,8-12H,3,6-7H2,1-2H3,(H2,19,21,22). The molecule has 0 aliphatic heterocycles. The molecule has 3 aromatic heterocycles. The summed E-state index contributed by atoms with van der Waals surface area (Å²) in [5.41, 5.74) is 8.42. The highest BCUT2D eigenvalue weighted by Gasteiger charge is 2.40. The average molecular weight is 335 g/mol. The summed E-state index contributed by atoms with van der Waals surface area (Å²) in [4.78, 5) is 19.2. The van der Waals surface area contributed by atoms with Gasteiger partial charge in [0.05, 0.1) is 17.6 Å². The van der Waals surface area contributed by atoms with Crippen molar-refractivity contribution < 1.29 is 0 Å². The minimum atomic E-state index is -0.0373. The van der Waals surface area contributed by atoms with E-state index in [2.05, 4.69) is 36.8 Å². The Morgan fingerprint density at radius 1 is 1.04 bits per heavy atom. The van der Waals surface area contributed by atoms with E-state index < -0.39 is 0 Å². The molecule has 2 N–H and O–H groups in total. The number of hydrogen-bond acceptors (Lipinski definition) is 6. The highest BCUT2D eigenvalue weighted by Crippen LogP contribution is 2.45. The third-order valence-electron chi connectivity index (χ3n) is 4.97. The summed E-state index contributed by atoms with van der Waals surface area (Å²) in [7, 11) is 4.01. The van der Waals surface area contributed by atoms with E-state index in [4.69, 9.17) is 5.73 Å². The Kier molecular flexibility index (Phi) is 3.63. The molecule has 3 heterocycles. The maximum atomic E-state index is 5.54. The maximum Gasteiger partial charge on any atom is 0.219 e. The van der Waals surface area contributed by atoms with Gasteiger partial charge in [0, 0.05) is 44.4 Å². The van der Waals surface area contributed by atoms with Crippen molar-refractivity contribution in [2.45, 2.75) is 24.8 Å². The first kappa shape index (κ1) is 15.6. The van der Waals surface area contributed by atoms with Crippen molar-refractivity contribution in [3.05, 3.63) is 48.8 Å². The van der Waals surface area contributed by atoms with Gasteiger partial charge in [-0.25, -0.2) is 15.0 Å². The van der Waals surface area contributed by atoms with E-state index in [9.17, 15) is 0 Å². The number of nitrogens with two attached hydrogens (primary N) is 1. The zero-order valence-electron chi connectivity index (χ0n) is 14.4. The van der Waals surface area contributed by atoms with Crippen LogP contribution in [0.5, 0.6) is 0 Å². The molecular formula is C18H21N7. The fourth-order valence-corrected chi connectivity index (χ4v) is 3.30. The molecule has 0 amide bonds. The minimum absolute atomic E-state index is 0.0373. The Morgan fingerprint density at radius 2 is 1.80 bits per heavy atom. The van der Waals surface area contributed by atoms with E-state index in [1.54, 1.807) is 12.4 Å². The summed E-state index contributed by atoms with van der Waals surface area (Å²) in [6.07, 6.45) is 12.8. The van der Waals surface area contributed by atoms with E-state index in [-0.39, 0.29) is 11.5 Å². The molecule has 7 nitrogen and oxygen atoms in total. The molecular weight excluding hydrogens is 314 g/mol. The molecule has 0 aromatic carbocycles. The van der Waals surface area contributed by atoms with Gasteiger partial charge in [-0.3, -0.25) is 4.98 Å². The van der Waals surface area contributed by atoms with Crippen molar-refractivity contribution >= 4 is 11.8 Å². The van der Waals surface area contributed by atoms with Crippen LogP contribution in [0.1, 0.15) is 24.8 Å². The fourth-order valence-electron chi connectivity index (χ4n) is 3.30. The summed E-state index contributed by atoms with van der Waals surface area (Å²) in [6, 6.07) is 4.17. The third-order valence-corrected chi connectivity index (χ3v) is 4.97. The van der Waals surface area contributed by atoms with Crippen molar-refractivity contribution in [1.82, 2.24) is 24.5 Å². The summed E-state index contributed by atoms with van der Waals surface area (Å²) in [5, 5.41) is 0. The normalized spacial score (nSPS) is 15.6. The molecule has 1 aliphatic carbocycles. The predicted molar refractivity (Wildman–Crippen MR) is 97.2 cm³/mol. The van der Waals surface area contributed by atoms with Crippen molar-refractivity contribution in [3.8, 4) is 11.3 Å². The first-order valence-electron chi connectivity index (χ1n) is 8.35. The molecule has 25 heavy (non-hydrogen) atoms. The molecule has 0 bridgehead atoms. The maximum absolute atomic E-state index is 5.54. The van der Waals surface area contributed by atoms with E-state index in [0.717, 1.165) is 29.9 Å².